The van der Waals surface area contributed by atoms with E-state index in [1.54, 1.807) is 16.5 Å². The summed E-state index contributed by atoms with van der Waals surface area (Å²) in [5.41, 5.74) is 3.30. The summed E-state index contributed by atoms with van der Waals surface area (Å²) < 4.78 is 2.94. The van der Waals surface area contributed by atoms with E-state index in [9.17, 15) is 0 Å². The highest BCUT2D eigenvalue weighted by Gasteiger charge is 2.33. The lowest BCUT2D eigenvalue weighted by molar-refractivity contribution is 0.605. The number of hydrogen-bond acceptors (Lipinski definition) is 1. The second kappa shape index (κ2) is 10.3. The van der Waals surface area contributed by atoms with Crippen LogP contribution in [0.1, 0.15) is 58.3 Å². The van der Waals surface area contributed by atoms with Crippen molar-refractivity contribution < 1.29 is 0 Å². The van der Waals surface area contributed by atoms with Gasteiger partial charge in [-0.25, -0.2) is 0 Å². The fraction of sp³-hybridized carbons (Fsp3) is 0.565. The van der Waals surface area contributed by atoms with Gasteiger partial charge in [-0.2, -0.15) is 0 Å². The summed E-state index contributed by atoms with van der Waals surface area (Å²) >= 11 is 0. The van der Waals surface area contributed by atoms with E-state index in [1.807, 2.05) is 0 Å². The third kappa shape index (κ3) is 5.99. The largest absolute Gasteiger partial charge is 0.426 e. The van der Waals surface area contributed by atoms with Crippen molar-refractivity contribution in [3.8, 4) is 0 Å². The molecule has 0 saturated carbocycles. The molecular weight excluding hydrogens is 346 g/mol. The van der Waals surface area contributed by atoms with Gasteiger partial charge in [0.05, 0.1) is 0 Å². The maximum Gasteiger partial charge on any atom is 0.160 e. The van der Waals surface area contributed by atoms with Gasteiger partial charge in [-0.1, -0.05) is 108 Å². The highest BCUT2D eigenvalue weighted by atomic mass is 28.4. The molecule has 1 nitrogen and oxygen atoms in total. The Balaban J connectivity index is 2.10. The molecule has 1 aliphatic rings. The summed E-state index contributed by atoms with van der Waals surface area (Å²) in [4.78, 5) is 0. The molecule has 26 heavy (non-hydrogen) atoms. The molecule has 1 atom stereocenters. The first-order valence-corrected chi connectivity index (χ1v) is 16.4. The SMILES string of the molecule is CCCCCCCCC1=C(N([SiH](C)c2ccccc2)[Si](C)(C)C)CC=C1. The van der Waals surface area contributed by atoms with Crippen LogP contribution >= 0.6 is 0 Å². The fourth-order valence-corrected chi connectivity index (χ4v) is 12.2. The van der Waals surface area contributed by atoms with E-state index >= 15 is 0 Å². The first-order chi connectivity index (χ1) is 12.4. The quantitative estimate of drug-likeness (QED) is 0.317. The number of unbranched alkanes of at least 4 members (excludes halogenated alkanes) is 5. The normalized spacial score (nSPS) is 15.6. The van der Waals surface area contributed by atoms with Gasteiger partial charge in [0.15, 0.2) is 8.96 Å². The minimum absolute atomic E-state index is 1.15. The molecule has 0 bridgehead atoms. The van der Waals surface area contributed by atoms with Gasteiger partial charge >= 0.3 is 0 Å². The first kappa shape index (κ1) is 21.2. The predicted molar refractivity (Wildman–Crippen MR) is 123 cm³/mol. The number of hydrogen-bond donors (Lipinski definition) is 0. The second-order valence-electron chi connectivity index (χ2n) is 8.72. The standard InChI is InChI=1S/C23H39NSi2/c1-6-7-8-9-10-12-16-21-17-15-20-23(21)24(26(3,4)5)25(2)22-18-13-11-14-19-22/h11,13-15,17-19,25H,6-10,12,16,20H2,1-5H3. The van der Waals surface area contributed by atoms with Crippen LogP contribution in [-0.2, 0) is 0 Å². The van der Waals surface area contributed by atoms with Gasteiger partial charge in [-0.05, 0) is 23.6 Å². The monoisotopic (exact) mass is 385 g/mol. The smallest absolute Gasteiger partial charge is 0.160 e. The van der Waals surface area contributed by atoms with E-state index < -0.39 is 17.2 Å². The predicted octanol–water partition coefficient (Wildman–Crippen LogP) is 6.35. The van der Waals surface area contributed by atoms with Crippen LogP contribution in [0.2, 0.25) is 26.2 Å². The molecule has 0 N–H and O–H groups in total. The summed E-state index contributed by atoms with van der Waals surface area (Å²) in [5.74, 6) is 0. The molecule has 1 aliphatic carbocycles. The van der Waals surface area contributed by atoms with Gasteiger partial charge in [0.1, 0.15) is 8.24 Å². The zero-order valence-corrected chi connectivity index (χ0v) is 19.9. The van der Waals surface area contributed by atoms with E-state index in [-0.39, 0.29) is 0 Å². The molecule has 0 aromatic heterocycles. The van der Waals surface area contributed by atoms with Crippen molar-refractivity contribution in [3.05, 3.63) is 53.8 Å². The topological polar surface area (TPSA) is 3.24 Å². The zero-order valence-electron chi connectivity index (χ0n) is 17.7. The number of allylic oxidation sites excluding steroid dienone is 3. The van der Waals surface area contributed by atoms with Crippen LogP contribution in [-0.4, -0.2) is 21.4 Å². The van der Waals surface area contributed by atoms with Gasteiger partial charge in [0.2, 0.25) is 0 Å². The lowest BCUT2D eigenvalue weighted by Crippen LogP contribution is -2.57. The Labute approximate surface area is 165 Å². The third-order valence-corrected chi connectivity index (χ3v) is 13.1. The molecular formula is C23H39NSi2. The molecule has 2 rings (SSSR count). The maximum atomic E-state index is 2.94. The Hall–Kier alpha value is -1.07. The Morgan fingerprint density at radius 1 is 0.962 bits per heavy atom. The average Bonchev–Trinajstić information content (AvgIpc) is 3.05. The van der Waals surface area contributed by atoms with Crippen LogP contribution in [0.3, 0.4) is 0 Å². The average molecular weight is 386 g/mol. The van der Waals surface area contributed by atoms with Crippen LogP contribution in [0, 0.1) is 0 Å². The summed E-state index contributed by atoms with van der Waals surface area (Å²) in [6, 6.07) is 11.3. The molecule has 144 valence electrons. The number of nitrogens with zero attached hydrogens (tertiary/aromatic N) is 1. The fourth-order valence-electron chi connectivity index (χ4n) is 4.22. The minimum Gasteiger partial charge on any atom is -0.426 e. The molecule has 0 aliphatic heterocycles. The van der Waals surface area contributed by atoms with Crippen LogP contribution in [0.4, 0.5) is 0 Å². The molecule has 0 saturated heterocycles. The van der Waals surface area contributed by atoms with E-state index in [2.05, 4.69) is 79.8 Å². The summed E-state index contributed by atoms with van der Waals surface area (Å²) in [6.45, 7) is 12.4. The van der Waals surface area contributed by atoms with Crippen molar-refractivity contribution >= 4 is 22.4 Å². The van der Waals surface area contributed by atoms with Crippen molar-refractivity contribution in [1.82, 2.24) is 4.23 Å². The molecule has 1 aromatic carbocycles. The number of benzene rings is 1. The van der Waals surface area contributed by atoms with E-state index in [1.165, 1.54) is 44.9 Å². The van der Waals surface area contributed by atoms with Crippen molar-refractivity contribution in [2.24, 2.45) is 0 Å². The Kier molecular flexibility index (Phi) is 8.43. The molecule has 0 amide bonds. The van der Waals surface area contributed by atoms with Crippen molar-refractivity contribution in [2.45, 2.75) is 84.5 Å². The lowest BCUT2D eigenvalue weighted by atomic mass is 10.1. The van der Waals surface area contributed by atoms with Gasteiger partial charge < -0.3 is 4.23 Å². The molecule has 0 spiro atoms. The van der Waals surface area contributed by atoms with Crippen LogP contribution in [0.15, 0.2) is 53.8 Å². The summed E-state index contributed by atoms with van der Waals surface area (Å²) in [6.07, 6.45) is 15.6. The maximum absolute atomic E-state index is 2.94. The Morgan fingerprint density at radius 2 is 1.62 bits per heavy atom. The van der Waals surface area contributed by atoms with Crippen LogP contribution < -0.4 is 5.19 Å². The summed E-state index contributed by atoms with van der Waals surface area (Å²) in [7, 11) is -2.56. The highest BCUT2D eigenvalue weighted by Crippen LogP contribution is 2.31. The lowest BCUT2D eigenvalue weighted by Gasteiger charge is -2.43. The van der Waals surface area contributed by atoms with Gasteiger partial charge in [-0.3, -0.25) is 0 Å². The molecule has 0 heterocycles. The van der Waals surface area contributed by atoms with Crippen molar-refractivity contribution in [3.63, 3.8) is 0 Å². The molecule has 0 radical (unpaired) electrons. The van der Waals surface area contributed by atoms with Gasteiger partial charge in [-0.15, -0.1) is 0 Å². The summed E-state index contributed by atoms with van der Waals surface area (Å²) in [5, 5.41) is 1.58. The van der Waals surface area contributed by atoms with Gasteiger partial charge in [0.25, 0.3) is 0 Å². The highest BCUT2D eigenvalue weighted by molar-refractivity contribution is 6.87. The molecule has 1 unspecified atom stereocenters. The Morgan fingerprint density at radius 3 is 2.27 bits per heavy atom. The second-order valence-corrected chi connectivity index (χ2v) is 16.6. The third-order valence-electron chi connectivity index (χ3n) is 5.48. The molecule has 1 aromatic rings. The van der Waals surface area contributed by atoms with E-state index in [0.717, 1.165) is 6.42 Å². The van der Waals surface area contributed by atoms with Crippen LogP contribution in [0.25, 0.3) is 0 Å². The Bertz CT molecular complexity index is 598. The molecule has 3 heteroatoms. The zero-order chi connectivity index (χ0) is 19.0. The van der Waals surface area contributed by atoms with Gasteiger partial charge in [0, 0.05) is 12.1 Å². The minimum atomic E-state index is -1.41. The number of rotatable bonds is 11. The van der Waals surface area contributed by atoms with E-state index in [0.29, 0.717) is 0 Å². The van der Waals surface area contributed by atoms with E-state index in [4.69, 9.17) is 0 Å². The van der Waals surface area contributed by atoms with Crippen molar-refractivity contribution in [1.29, 1.82) is 0 Å². The van der Waals surface area contributed by atoms with Crippen molar-refractivity contribution in [2.75, 3.05) is 0 Å². The first-order valence-electron chi connectivity index (χ1n) is 10.7. The van der Waals surface area contributed by atoms with Crippen LogP contribution in [0.5, 0.6) is 0 Å². The molecule has 0 fully saturated rings.